The summed E-state index contributed by atoms with van der Waals surface area (Å²) in [4.78, 5) is 16.7. The van der Waals surface area contributed by atoms with Crippen molar-refractivity contribution < 1.29 is 0 Å². The Morgan fingerprint density at radius 1 is 1.59 bits per heavy atom. The number of hydrogen-bond donors (Lipinski definition) is 1. The molecule has 2 heterocycles. The zero-order chi connectivity index (χ0) is 12.6. The standard InChI is InChI=1S/C12H14N4O/c1-4-9-10(7(2)3)12(17)16-11(15-9)8(5-13)6-14-16/h6-7,14H,4H2,1-3H3. The lowest BCUT2D eigenvalue weighted by Crippen LogP contribution is -2.23. The Morgan fingerprint density at radius 3 is 2.82 bits per heavy atom. The lowest BCUT2D eigenvalue weighted by molar-refractivity contribution is 0.766. The predicted molar refractivity (Wildman–Crippen MR) is 64.0 cm³/mol. The van der Waals surface area contributed by atoms with Crippen LogP contribution in [-0.4, -0.2) is 14.6 Å². The van der Waals surface area contributed by atoms with Crippen LogP contribution in [0.1, 0.15) is 43.5 Å². The molecule has 5 nitrogen and oxygen atoms in total. The van der Waals surface area contributed by atoms with Crippen molar-refractivity contribution in [2.45, 2.75) is 33.1 Å². The van der Waals surface area contributed by atoms with Gasteiger partial charge in [-0.3, -0.25) is 9.89 Å². The Balaban J connectivity index is 2.91. The third kappa shape index (κ3) is 1.62. The molecule has 0 radical (unpaired) electrons. The zero-order valence-electron chi connectivity index (χ0n) is 10.1. The van der Waals surface area contributed by atoms with E-state index in [4.69, 9.17) is 5.26 Å². The maximum Gasteiger partial charge on any atom is 0.276 e. The molecule has 0 fully saturated rings. The van der Waals surface area contributed by atoms with Crippen molar-refractivity contribution in [2.75, 3.05) is 0 Å². The number of nitriles is 1. The van der Waals surface area contributed by atoms with Gasteiger partial charge in [-0.1, -0.05) is 20.8 Å². The van der Waals surface area contributed by atoms with E-state index in [0.717, 1.165) is 11.3 Å². The Hall–Kier alpha value is -2.09. The van der Waals surface area contributed by atoms with Crippen molar-refractivity contribution in [3.05, 3.63) is 33.4 Å². The number of H-pyrrole nitrogens is 1. The lowest BCUT2D eigenvalue weighted by Gasteiger charge is -2.09. The van der Waals surface area contributed by atoms with Gasteiger partial charge in [-0.25, -0.2) is 9.50 Å². The Morgan fingerprint density at radius 2 is 2.29 bits per heavy atom. The lowest BCUT2D eigenvalue weighted by atomic mass is 10.0. The van der Waals surface area contributed by atoms with Gasteiger partial charge in [0.25, 0.3) is 5.56 Å². The molecule has 0 unspecified atom stereocenters. The van der Waals surface area contributed by atoms with Crippen LogP contribution in [0.25, 0.3) is 5.65 Å². The fraction of sp³-hybridized carbons (Fsp3) is 0.417. The van der Waals surface area contributed by atoms with Gasteiger partial charge < -0.3 is 0 Å². The number of aryl methyl sites for hydroxylation is 1. The van der Waals surface area contributed by atoms with Gasteiger partial charge >= 0.3 is 0 Å². The number of fused-ring (bicyclic) bond motifs is 1. The Labute approximate surface area is 98.7 Å². The zero-order valence-corrected chi connectivity index (χ0v) is 10.1. The summed E-state index contributed by atoms with van der Waals surface area (Å²) in [6, 6.07) is 2.02. The molecule has 0 bridgehead atoms. The smallest absolute Gasteiger partial charge is 0.276 e. The van der Waals surface area contributed by atoms with Crippen LogP contribution >= 0.6 is 0 Å². The summed E-state index contributed by atoms with van der Waals surface area (Å²) in [5.74, 6) is 0.121. The van der Waals surface area contributed by atoms with E-state index >= 15 is 0 Å². The molecule has 88 valence electrons. The summed E-state index contributed by atoms with van der Waals surface area (Å²) in [6.45, 7) is 5.90. The quantitative estimate of drug-likeness (QED) is 0.851. The molecule has 0 amide bonds. The van der Waals surface area contributed by atoms with Crippen LogP contribution < -0.4 is 5.56 Å². The molecule has 0 atom stereocenters. The molecular formula is C12H14N4O. The highest BCUT2D eigenvalue weighted by molar-refractivity contribution is 5.54. The van der Waals surface area contributed by atoms with Crippen LogP contribution in [0.5, 0.6) is 0 Å². The average Bonchev–Trinajstić information content (AvgIpc) is 2.71. The molecule has 1 N–H and O–H groups in total. The van der Waals surface area contributed by atoms with E-state index in [1.807, 2.05) is 26.8 Å². The molecule has 5 heteroatoms. The van der Waals surface area contributed by atoms with Gasteiger partial charge in [0.05, 0.1) is 5.69 Å². The highest BCUT2D eigenvalue weighted by Crippen LogP contribution is 2.16. The van der Waals surface area contributed by atoms with Crippen molar-refractivity contribution in [1.82, 2.24) is 14.6 Å². The molecular weight excluding hydrogens is 216 g/mol. The minimum atomic E-state index is -0.108. The fourth-order valence-electron chi connectivity index (χ4n) is 2.00. The number of nitrogens with one attached hydrogen (secondary N) is 1. The summed E-state index contributed by atoms with van der Waals surface area (Å²) in [5, 5.41) is 11.7. The van der Waals surface area contributed by atoms with E-state index in [1.54, 1.807) is 0 Å². The monoisotopic (exact) mass is 230 g/mol. The van der Waals surface area contributed by atoms with E-state index in [2.05, 4.69) is 10.1 Å². The van der Waals surface area contributed by atoms with Gasteiger partial charge in [-0.15, -0.1) is 0 Å². The summed E-state index contributed by atoms with van der Waals surface area (Å²) < 4.78 is 1.34. The molecule has 2 aromatic heterocycles. The van der Waals surface area contributed by atoms with Crippen LogP contribution in [0.3, 0.4) is 0 Å². The topological polar surface area (TPSA) is 73.9 Å². The van der Waals surface area contributed by atoms with Crippen molar-refractivity contribution in [3.8, 4) is 6.07 Å². The minimum absolute atomic E-state index is 0.108. The molecule has 0 aromatic carbocycles. The summed E-state index contributed by atoms with van der Waals surface area (Å²) in [5.41, 5.74) is 2.20. The summed E-state index contributed by atoms with van der Waals surface area (Å²) >= 11 is 0. The highest BCUT2D eigenvalue weighted by atomic mass is 16.1. The fourth-order valence-corrected chi connectivity index (χ4v) is 2.00. The average molecular weight is 230 g/mol. The normalized spacial score (nSPS) is 11.0. The van der Waals surface area contributed by atoms with Gasteiger partial charge in [0, 0.05) is 11.8 Å². The van der Waals surface area contributed by atoms with Crippen molar-refractivity contribution in [1.29, 1.82) is 5.26 Å². The van der Waals surface area contributed by atoms with E-state index in [0.29, 0.717) is 17.6 Å². The first-order valence-electron chi connectivity index (χ1n) is 5.63. The van der Waals surface area contributed by atoms with Gasteiger partial charge in [0.15, 0.2) is 5.65 Å². The van der Waals surface area contributed by atoms with Crippen molar-refractivity contribution in [2.24, 2.45) is 0 Å². The third-order valence-electron chi connectivity index (χ3n) is 2.81. The van der Waals surface area contributed by atoms with E-state index in [9.17, 15) is 4.79 Å². The molecule has 0 spiro atoms. The van der Waals surface area contributed by atoms with Crippen LogP contribution in [0.4, 0.5) is 0 Å². The van der Waals surface area contributed by atoms with E-state index < -0.39 is 0 Å². The van der Waals surface area contributed by atoms with Crippen LogP contribution in [0, 0.1) is 11.3 Å². The Kier molecular flexibility index (Phi) is 2.72. The first kappa shape index (κ1) is 11.4. The Bertz CT molecular complexity index is 657. The number of rotatable bonds is 2. The second-order valence-electron chi connectivity index (χ2n) is 4.24. The van der Waals surface area contributed by atoms with Crippen LogP contribution in [-0.2, 0) is 6.42 Å². The molecule has 0 saturated heterocycles. The molecule has 17 heavy (non-hydrogen) atoms. The largest absolute Gasteiger partial charge is 0.295 e. The van der Waals surface area contributed by atoms with E-state index in [1.165, 1.54) is 10.7 Å². The number of aromatic amines is 1. The second kappa shape index (κ2) is 4.06. The number of nitrogens with zero attached hydrogens (tertiary/aromatic N) is 3. The van der Waals surface area contributed by atoms with Gasteiger partial charge in [-0.05, 0) is 12.3 Å². The molecule has 0 saturated carbocycles. The minimum Gasteiger partial charge on any atom is -0.295 e. The second-order valence-corrected chi connectivity index (χ2v) is 4.24. The van der Waals surface area contributed by atoms with Gasteiger partial charge in [0.2, 0.25) is 0 Å². The maximum atomic E-state index is 12.3. The SMILES string of the molecule is CCc1nc2c(C#N)c[nH]n2c(=O)c1C(C)C. The summed E-state index contributed by atoms with van der Waals surface area (Å²) in [7, 11) is 0. The third-order valence-corrected chi connectivity index (χ3v) is 2.81. The maximum absolute atomic E-state index is 12.3. The van der Waals surface area contributed by atoms with Crippen LogP contribution in [0.2, 0.25) is 0 Å². The van der Waals surface area contributed by atoms with Crippen LogP contribution in [0.15, 0.2) is 11.0 Å². The molecule has 0 aliphatic rings. The van der Waals surface area contributed by atoms with Gasteiger partial charge in [0.1, 0.15) is 11.6 Å². The molecule has 0 aliphatic heterocycles. The molecule has 2 rings (SSSR count). The van der Waals surface area contributed by atoms with Gasteiger partial charge in [-0.2, -0.15) is 5.26 Å². The van der Waals surface area contributed by atoms with Crippen molar-refractivity contribution in [3.63, 3.8) is 0 Å². The predicted octanol–water partition coefficient (Wildman–Crippen LogP) is 1.58. The first-order chi connectivity index (χ1) is 8.10. The summed E-state index contributed by atoms with van der Waals surface area (Å²) in [6.07, 6.45) is 2.20. The van der Waals surface area contributed by atoms with Crippen molar-refractivity contribution >= 4 is 5.65 Å². The number of hydrogen-bond acceptors (Lipinski definition) is 3. The highest BCUT2D eigenvalue weighted by Gasteiger charge is 2.17. The number of aromatic nitrogens is 3. The van der Waals surface area contributed by atoms with E-state index in [-0.39, 0.29) is 11.5 Å². The molecule has 0 aliphatic carbocycles. The first-order valence-corrected chi connectivity index (χ1v) is 5.63. The molecule has 2 aromatic rings.